The van der Waals surface area contributed by atoms with Crippen LogP contribution < -0.4 is 0 Å². The van der Waals surface area contributed by atoms with Crippen molar-refractivity contribution in [1.82, 2.24) is 35.3 Å². The zero-order valence-electron chi connectivity index (χ0n) is 15.5. The Morgan fingerprint density at radius 2 is 1.77 bits per heavy atom. The van der Waals surface area contributed by atoms with Gasteiger partial charge >= 0.3 is 0 Å². The molecule has 0 atom stereocenters. The fraction of sp³-hybridized carbons (Fsp3) is 0. The van der Waals surface area contributed by atoms with Gasteiger partial charge in [0.15, 0.2) is 11.5 Å². The number of nitrogens with zero attached hydrogens (tertiary/aromatic N) is 4. The summed E-state index contributed by atoms with van der Waals surface area (Å²) in [6.45, 7) is 0. The van der Waals surface area contributed by atoms with Crippen LogP contribution in [0.25, 0.3) is 55.8 Å². The van der Waals surface area contributed by atoms with Gasteiger partial charge in [-0.05, 0) is 41.5 Å². The van der Waals surface area contributed by atoms with Crippen molar-refractivity contribution in [3.05, 3.63) is 72.9 Å². The number of pyridine rings is 1. The summed E-state index contributed by atoms with van der Waals surface area (Å²) in [5, 5.41) is 15.3. The number of nitrogens with one attached hydrogen (secondary N) is 3. The van der Waals surface area contributed by atoms with E-state index in [0.29, 0.717) is 17.2 Å². The first kappa shape index (κ1) is 16.6. The van der Waals surface area contributed by atoms with Gasteiger partial charge in [0.05, 0.1) is 17.2 Å². The van der Waals surface area contributed by atoms with E-state index >= 15 is 0 Å². The molecule has 0 aliphatic carbocycles. The van der Waals surface area contributed by atoms with Crippen molar-refractivity contribution in [3.8, 4) is 33.8 Å². The van der Waals surface area contributed by atoms with Crippen LogP contribution in [0.1, 0.15) is 0 Å². The van der Waals surface area contributed by atoms with Gasteiger partial charge in [-0.3, -0.25) is 10.2 Å². The number of fused-ring (bicyclic) bond motifs is 2. The van der Waals surface area contributed by atoms with Gasteiger partial charge < -0.3 is 4.98 Å². The predicted octanol–water partition coefficient (Wildman–Crippen LogP) is 4.70. The minimum atomic E-state index is -0.272. The molecule has 0 unspecified atom stereocenters. The summed E-state index contributed by atoms with van der Waals surface area (Å²) in [5.41, 5.74) is 6.78. The molecule has 0 radical (unpaired) electrons. The zero-order chi connectivity index (χ0) is 20.1. The molecule has 6 aromatic rings. The van der Waals surface area contributed by atoms with Gasteiger partial charge in [-0.1, -0.05) is 18.2 Å². The normalized spacial score (nSPS) is 11.5. The van der Waals surface area contributed by atoms with Crippen molar-refractivity contribution >= 4 is 22.1 Å². The van der Waals surface area contributed by atoms with Crippen LogP contribution in [0.3, 0.4) is 0 Å². The Bertz CT molecular complexity index is 1490. The summed E-state index contributed by atoms with van der Waals surface area (Å²) in [6.07, 6.45) is 5.33. The molecule has 4 heterocycles. The highest BCUT2D eigenvalue weighted by molar-refractivity contribution is 5.97. The number of H-pyrrole nitrogens is 3. The van der Waals surface area contributed by atoms with Gasteiger partial charge in [-0.25, -0.2) is 14.4 Å². The lowest BCUT2D eigenvalue weighted by Gasteiger charge is -2.02. The smallest absolute Gasteiger partial charge is 0.178 e. The number of rotatable bonds is 3. The van der Waals surface area contributed by atoms with E-state index in [4.69, 9.17) is 0 Å². The first-order valence-electron chi connectivity index (χ1n) is 9.34. The van der Waals surface area contributed by atoms with Crippen LogP contribution in [0.15, 0.2) is 67.1 Å². The van der Waals surface area contributed by atoms with Crippen molar-refractivity contribution in [2.75, 3.05) is 0 Å². The van der Waals surface area contributed by atoms with Gasteiger partial charge in [0.2, 0.25) is 0 Å². The van der Waals surface area contributed by atoms with E-state index in [1.54, 1.807) is 24.5 Å². The summed E-state index contributed by atoms with van der Waals surface area (Å²) < 4.78 is 13.3. The average molecular weight is 395 g/mol. The molecule has 0 saturated carbocycles. The summed E-state index contributed by atoms with van der Waals surface area (Å²) in [4.78, 5) is 12.4. The van der Waals surface area contributed by atoms with Gasteiger partial charge in [0.1, 0.15) is 11.5 Å². The Labute approximate surface area is 169 Å². The zero-order valence-corrected chi connectivity index (χ0v) is 15.5. The van der Waals surface area contributed by atoms with Crippen LogP contribution >= 0.6 is 0 Å². The van der Waals surface area contributed by atoms with Crippen molar-refractivity contribution in [2.24, 2.45) is 0 Å². The van der Waals surface area contributed by atoms with Gasteiger partial charge in [-0.15, -0.1) is 0 Å². The van der Waals surface area contributed by atoms with Crippen LogP contribution in [-0.2, 0) is 0 Å². The lowest BCUT2D eigenvalue weighted by molar-refractivity contribution is 0.628. The lowest BCUT2D eigenvalue weighted by atomic mass is 10.1. The molecule has 7 nitrogen and oxygen atoms in total. The maximum Gasteiger partial charge on any atom is 0.178 e. The largest absolute Gasteiger partial charge is 0.335 e. The third-order valence-corrected chi connectivity index (χ3v) is 5.17. The molecule has 3 N–H and O–H groups in total. The standard InChI is InChI=1S/C22H14FN7/c23-15-4-1-12(2-5-15)16-7-8-24-21-19(16)27-22(28-21)20-17-9-13(14-10-25-26-11-14)3-6-18(17)29-30-20/h1-11H,(H,25,26)(H,29,30)(H,24,27,28). The maximum absolute atomic E-state index is 13.3. The third-order valence-electron chi connectivity index (χ3n) is 5.17. The van der Waals surface area contributed by atoms with E-state index in [1.807, 2.05) is 24.4 Å². The Hall–Kier alpha value is -4.33. The van der Waals surface area contributed by atoms with Crippen molar-refractivity contribution in [3.63, 3.8) is 0 Å². The SMILES string of the molecule is Fc1ccc(-c2ccnc3nc(-c4n[nH]c5ccc(-c6cn[nH]c6)cc45)[nH]c23)cc1. The Kier molecular flexibility index (Phi) is 3.51. The predicted molar refractivity (Wildman–Crippen MR) is 112 cm³/mol. The number of hydrogen-bond donors (Lipinski definition) is 3. The molecule has 4 aromatic heterocycles. The van der Waals surface area contributed by atoms with Gasteiger partial charge in [-0.2, -0.15) is 10.2 Å². The molecule has 0 bridgehead atoms. The minimum Gasteiger partial charge on any atom is -0.335 e. The highest BCUT2D eigenvalue weighted by Crippen LogP contribution is 2.32. The van der Waals surface area contributed by atoms with E-state index in [1.165, 1.54) is 12.1 Å². The Balaban J connectivity index is 1.52. The number of aromatic amines is 3. The van der Waals surface area contributed by atoms with E-state index in [2.05, 4.69) is 41.4 Å². The van der Waals surface area contributed by atoms with E-state index in [9.17, 15) is 4.39 Å². The second-order valence-corrected chi connectivity index (χ2v) is 6.97. The first-order valence-corrected chi connectivity index (χ1v) is 9.34. The Morgan fingerprint density at radius 1 is 0.900 bits per heavy atom. The van der Waals surface area contributed by atoms with Gasteiger partial charge in [0, 0.05) is 28.9 Å². The molecule has 0 amide bonds. The molecule has 0 aliphatic rings. The molecule has 2 aromatic carbocycles. The van der Waals surface area contributed by atoms with Crippen LogP contribution in [0, 0.1) is 5.82 Å². The van der Waals surface area contributed by atoms with Crippen LogP contribution in [0.5, 0.6) is 0 Å². The third kappa shape index (κ3) is 2.58. The van der Waals surface area contributed by atoms with Crippen molar-refractivity contribution < 1.29 is 4.39 Å². The number of imidazole rings is 1. The topological polar surface area (TPSA) is 98.9 Å². The number of aromatic nitrogens is 7. The highest BCUT2D eigenvalue weighted by Gasteiger charge is 2.16. The molecule has 0 saturated heterocycles. The summed E-state index contributed by atoms with van der Waals surface area (Å²) in [7, 11) is 0. The molecule has 6 rings (SSSR count). The summed E-state index contributed by atoms with van der Waals surface area (Å²) >= 11 is 0. The lowest BCUT2D eigenvalue weighted by Crippen LogP contribution is -1.84. The highest BCUT2D eigenvalue weighted by atomic mass is 19.1. The summed E-state index contributed by atoms with van der Waals surface area (Å²) in [5.74, 6) is 0.341. The number of halogens is 1. The Morgan fingerprint density at radius 3 is 2.60 bits per heavy atom. The number of hydrogen-bond acceptors (Lipinski definition) is 4. The molecule has 0 aliphatic heterocycles. The molecule has 0 spiro atoms. The van der Waals surface area contributed by atoms with Crippen molar-refractivity contribution in [2.45, 2.75) is 0 Å². The molecule has 30 heavy (non-hydrogen) atoms. The molecule has 0 fully saturated rings. The fourth-order valence-electron chi connectivity index (χ4n) is 3.68. The average Bonchev–Trinajstić information content (AvgIpc) is 3.52. The first-order chi connectivity index (χ1) is 14.8. The second kappa shape index (κ2) is 6.35. The fourth-order valence-corrected chi connectivity index (χ4v) is 3.68. The van der Waals surface area contributed by atoms with Crippen molar-refractivity contribution in [1.29, 1.82) is 0 Å². The van der Waals surface area contributed by atoms with Crippen LogP contribution in [0.2, 0.25) is 0 Å². The van der Waals surface area contributed by atoms with E-state index in [-0.39, 0.29) is 5.82 Å². The molecular weight excluding hydrogens is 381 g/mol. The molecule has 144 valence electrons. The molecular formula is C22H14FN7. The quantitative estimate of drug-likeness (QED) is 0.404. The second-order valence-electron chi connectivity index (χ2n) is 6.97. The minimum absolute atomic E-state index is 0.272. The maximum atomic E-state index is 13.3. The van der Waals surface area contributed by atoms with E-state index in [0.717, 1.165) is 38.7 Å². The molecule has 8 heteroatoms. The monoisotopic (exact) mass is 395 g/mol. The van der Waals surface area contributed by atoms with Crippen LogP contribution in [0.4, 0.5) is 4.39 Å². The van der Waals surface area contributed by atoms with Crippen LogP contribution in [-0.4, -0.2) is 35.3 Å². The number of benzene rings is 2. The van der Waals surface area contributed by atoms with Gasteiger partial charge in [0.25, 0.3) is 0 Å². The summed E-state index contributed by atoms with van der Waals surface area (Å²) in [6, 6.07) is 14.3. The van der Waals surface area contributed by atoms with E-state index < -0.39 is 0 Å².